The smallest absolute Gasteiger partial charge is 0.231 e. The van der Waals surface area contributed by atoms with Gasteiger partial charge in [-0.15, -0.1) is 0 Å². The molecule has 0 bridgehead atoms. The number of aryl methyl sites for hydroxylation is 2. The van der Waals surface area contributed by atoms with E-state index in [4.69, 9.17) is 0 Å². The molecule has 0 radical (unpaired) electrons. The number of hydrogen-bond acceptors (Lipinski definition) is 6. The molecule has 8 nitrogen and oxygen atoms in total. The van der Waals surface area contributed by atoms with Gasteiger partial charge >= 0.3 is 0 Å². The average molecular weight is 349 g/mol. The quantitative estimate of drug-likeness (QED) is 0.772. The molecule has 1 amide bonds. The number of carbonyl (C=O) groups is 1. The first-order valence-electron chi connectivity index (χ1n) is 8.40. The van der Waals surface area contributed by atoms with Crippen LogP contribution in [0.15, 0.2) is 43.2 Å². The highest BCUT2D eigenvalue weighted by Crippen LogP contribution is 2.25. The molecule has 1 saturated heterocycles. The number of benzene rings is 1. The lowest BCUT2D eigenvalue weighted by atomic mass is 9.99. The van der Waals surface area contributed by atoms with E-state index in [1.54, 1.807) is 11.0 Å². The van der Waals surface area contributed by atoms with Gasteiger partial charge in [0, 0.05) is 24.8 Å². The Morgan fingerprint density at radius 1 is 1.08 bits per heavy atom. The molecule has 8 heteroatoms. The van der Waals surface area contributed by atoms with Crippen LogP contribution < -0.4 is 10.2 Å². The summed E-state index contributed by atoms with van der Waals surface area (Å²) in [6.07, 6.45) is 4.54. The predicted octanol–water partition coefficient (Wildman–Crippen LogP) is 1.75. The van der Waals surface area contributed by atoms with E-state index in [1.807, 2.05) is 36.1 Å². The highest BCUT2D eigenvalue weighted by molar-refractivity contribution is 5.94. The second kappa shape index (κ2) is 6.55. The van der Waals surface area contributed by atoms with Gasteiger partial charge in [-0.05, 0) is 37.1 Å². The Morgan fingerprint density at radius 3 is 2.62 bits per heavy atom. The summed E-state index contributed by atoms with van der Waals surface area (Å²) in [6, 6.07) is 7.79. The normalized spacial score (nSPS) is 14.2. The van der Waals surface area contributed by atoms with Crippen molar-refractivity contribution in [3.8, 4) is 5.82 Å². The van der Waals surface area contributed by atoms with Crippen LogP contribution in [0.4, 0.5) is 11.5 Å². The van der Waals surface area contributed by atoms with Crippen LogP contribution in [0, 0.1) is 19.8 Å². The first-order chi connectivity index (χ1) is 12.6. The van der Waals surface area contributed by atoms with Gasteiger partial charge in [-0.25, -0.2) is 19.6 Å². The van der Waals surface area contributed by atoms with Gasteiger partial charge in [0.15, 0.2) is 5.82 Å². The molecule has 0 saturated carbocycles. The molecule has 1 aromatic carbocycles. The molecule has 3 heterocycles. The number of amides is 1. The molecule has 26 heavy (non-hydrogen) atoms. The number of aromatic nitrogens is 5. The van der Waals surface area contributed by atoms with Crippen LogP contribution in [0.3, 0.4) is 0 Å². The molecule has 0 aliphatic carbocycles. The van der Waals surface area contributed by atoms with Crippen molar-refractivity contribution in [1.29, 1.82) is 0 Å². The van der Waals surface area contributed by atoms with Crippen LogP contribution in [0.5, 0.6) is 0 Å². The second-order valence-electron chi connectivity index (χ2n) is 6.46. The number of anilines is 2. The highest BCUT2D eigenvalue weighted by Gasteiger charge is 2.33. The summed E-state index contributed by atoms with van der Waals surface area (Å²) in [5, 5.41) is 7.06. The maximum Gasteiger partial charge on any atom is 0.231 e. The van der Waals surface area contributed by atoms with Gasteiger partial charge < -0.3 is 10.2 Å². The van der Waals surface area contributed by atoms with Crippen molar-refractivity contribution in [2.45, 2.75) is 13.8 Å². The lowest BCUT2D eigenvalue weighted by molar-refractivity contribution is -0.120. The summed E-state index contributed by atoms with van der Waals surface area (Å²) >= 11 is 0. The van der Waals surface area contributed by atoms with Crippen LogP contribution in [0.1, 0.15) is 11.1 Å². The topological polar surface area (TPSA) is 88.8 Å². The van der Waals surface area contributed by atoms with Crippen LogP contribution in [0.2, 0.25) is 0 Å². The number of hydrogen-bond donors (Lipinski definition) is 1. The first-order valence-corrected chi connectivity index (χ1v) is 8.40. The van der Waals surface area contributed by atoms with Crippen molar-refractivity contribution >= 4 is 17.4 Å². The second-order valence-corrected chi connectivity index (χ2v) is 6.46. The van der Waals surface area contributed by atoms with Crippen molar-refractivity contribution in [3.05, 3.63) is 54.4 Å². The summed E-state index contributed by atoms with van der Waals surface area (Å²) in [5.74, 6) is 1.41. The molecule has 0 atom stereocenters. The Hall–Kier alpha value is -3.29. The van der Waals surface area contributed by atoms with Crippen LogP contribution in [-0.2, 0) is 4.79 Å². The monoisotopic (exact) mass is 349 g/mol. The fraction of sp³-hybridized carbons (Fsp3) is 0.278. The maximum atomic E-state index is 12.4. The fourth-order valence-corrected chi connectivity index (χ4v) is 2.86. The van der Waals surface area contributed by atoms with Gasteiger partial charge in [-0.3, -0.25) is 4.79 Å². The molecule has 1 aliphatic heterocycles. The van der Waals surface area contributed by atoms with Crippen molar-refractivity contribution in [2.75, 3.05) is 23.3 Å². The Bertz CT molecular complexity index is 932. The zero-order chi connectivity index (χ0) is 18.1. The number of nitrogens with one attached hydrogen (secondary N) is 1. The Balaban J connectivity index is 1.38. The molecule has 0 spiro atoms. The minimum Gasteiger partial charge on any atom is -0.355 e. The molecule has 1 fully saturated rings. The summed E-state index contributed by atoms with van der Waals surface area (Å²) < 4.78 is 1.58. The van der Waals surface area contributed by atoms with E-state index in [0.717, 1.165) is 11.5 Å². The molecular formula is C18H19N7O. The molecule has 2 aromatic heterocycles. The van der Waals surface area contributed by atoms with Gasteiger partial charge in [0.25, 0.3) is 0 Å². The maximum absolute atomic E-state index is 12.4. The molecule has 132 valence electrons. The number of carbonyl (C=O) groups excluding carboxylic acids is 1. The summed E-state index contributed by atoms with van der Waals surface area (Å²) in [6.45, 7) is 5.35. The SMILES string of the molecule is Cc1ccc(NC(=O)C2CN(c3cc(-n4cncn4)ncn3)C2)cc1C. The van der Waals surface area contributed by atoms with E-state index in [-0.39, 0.29) is 11.8 Å². The van der Waals surface area contributed by atoms with Gasteiger partial charge in [0.1, 0.15) is 24.8 Å². The van der Waals surface area contributed by atoms with Gasteiger partial charge in [0.05, 0.1) is 5.92 Å². The number of nitrogens with zero attached hydrogens (tertiary/aromatic N) is 6. The first kappa shape index (κ1) is 16.2. The Labute approximate surface area is 150 Å². The van der Waals surface area contributed by atoms with Gasteiger partial charge in [-0.1, -0.05) is 6.07 Å². The van der Waals surface area contributed by atoms with Crippen molar-refractivity contribution < 1.29 is 4.79 Å². The van der Waals surface area contributed by atoms with Crippen molar-refractivity contribution in [1.82, 2.24) is 24.7 Å². The average Bonchev–Trinajstić information content (AvgIpc) is 3.12. The fourth-order valence-electron chi connectivity index (χ4n) is 2.86. The van der Waals surface area contributed by atoms with Crippen LogP contribution in [-0.4, -0.2) is 43.7 Å². The molecular weight excluding hydrogens is 330 g/mol. The molecule has 0 unspecified atom stereocenters. The van der Waals surface area contributed by atoms with Crippen molar-refractivity contribution in [2.24, 2.45) is 5.92 Å². The third-order valence-corrected chi connectivity index (χ3v) is 4.64. The summed E-state index contributed by atoms with van der Waals surface area (Å²) in [7, 11) is 0. The highest BCUT2D eigenvalue weighted by atomic mass is 16.2. The standard InChI is InChI=1S/C18H19N7O/c1-12-3-4-15(5-13(12)2)23-18(26)14-7-24(8-14)16-6-17(21-10-20-16)25-11-19-9-22-25/h3-6,9-11,14H,7-8H2,1-2H3,(H,23,26). The largest absolute Gasteiger partial charge is 0.355 e. The van der Waals surface area contributed by atoms with Gasteiger partial charge in [-0.2, -0.15) is 5.10 Å². The lowest BCUT2D eigenvalue weighted by Gasteiger charge is -2.39. The van der Waals surface area contributed by atoms with E-state index in [1.165, 1.54) is 23.8 Å². The van der Waals surface area contributed by atoms with E-state index in [9.17, 15) is 4.79 Å². The zero-order valence-electron chi connectivity index (χ0n) is 14.6. The van der Waals surface area contributed by atoms with Crippen molar-refractivity contribution in [3.63, 3.8) is 0 Å². The minimum atomic E-state index is -0.0543. The zero-order valence-corrected chi connectivity index (χ0v) is 14.6. The van der Waals surface area contributed by atoms with E-state index >= 15 is 0 Å². The van der Waals surface area contributed by atoms with E-state index in [0.29, 0.717) is 18.9 Å². The van der Waals surface area contributed by atoms with Crippen LogP contribution >= 0.6 is 0 Å². The lowest BCUT2D eigenvalue weighted by Crippen LogP contribution is -2.52. The summed E-state index contributed by atoms with van der Waals surface area (Å²) in [5.41, 5.74) is 3.22. The molecule has 4 rings (SSSR count). The Morgan fingerprint density at radius 2 is 1.88 bits per heavy atom. The minimum absolute atomic E-state index is 0.0371. The van der Waals surface area contributed by atoms with E-state index < -0.39 is 0 Å². The summed E-state index contributed by atoms with van der Waals surface area (Å²) in [4.78, 5) is 26.9. The predicted molar refractivity (Wildman–Crippen MR) is 97.2 cm³/mol. The van der Waals surface area contributed by atoms with E-state index in [2.05, 4.69) is 32.3 Å². The molecule has 1 N–H and O–H groups in total. The number of rotatable bonds is 4. The molecule has 1 aliphatic rings. The third kappa shape index (κ3) is 3.13. The molecule has 3 aromatic rings. The van der Waals surface area contributed by atoms with Gasteiger partial charge in [0.2, 0.25) is 5.91 Å². The Kier molecular flexibility index (Phi) is 4.08. The third-order valence-electron chi connectivity index (χ3n) is 4.64. The van der Waals surface area contributed by atoms with Crippen LogP contribution in [0.25, 0.3) is 5.82 Å².